The molecule has 1 aromatic heterocycles. The summed E-state index contributed by atoms with van der Waals surface area (Å²) in [6, 6.07) is 0. The Morgan fingerprint density at radius 1 is 1.07 bits per heavy atom. The zero-order valence-corrected chi connectivity index (χ0v) is 20.0. The lowest BCUT2D eigenvalue weighted by Gasteiger charge is -2.05. The fraction of sp³-hybridized carbons (Fsp3) is 0.684. The summed E-state index contributed by atoms with van der Waals surface area (Å²) < 4.78 is 6.19. The monoisotopic (exact) mass is 463 g/mol. The molecular formula is C19H33N3O4S3. The normalized spacial score (nSPS) is 10.0. The van der Waals surface area contributed by atoms with Crippen LogP contribution in [0.5, 0.6) is 0 Å². The second-order valence-corrected chi connectivity index (χ2v) is 9.87. The van der Waals surface area contributed by atoms with E-state index in [1.807, 2.05) is 21.6 Å². The molecule has 0 atom stereocenters. The van der Waals surface area contributed by atoms with Crippen molar-refractivity contribution in [2.75, 3.05) is 30.4 Å². The highest BCUT2D eigenvalue weighted by Crippen LogP contribution is 2.18. The number of ether oxygens (including phenoxy) is 1. The van der Waals surface area contributed by atoms with Crippen molar-refractivity contribution < 1.29 is 19.1 Å². The quantitative estimate of drug-likeness (QED) is 0.335. The molecule has 0 aliphatic rings. The van der Waals surface area contributed by atoms with Crippen LogP contribution < -0.4 is 5.32 Å². The van der Waals surface area contributed by atoms with Crippen LogP contribution in [-0.4, -0.2) is 57.1 Å². The van der Waals surface area contributed by atoms with E-state index in [2.05, 4.69) is 31.1 Å². The molecule has 0 bridgehead atoms. The van der Waals surface area contributed by atoms with Crippen LogP contribution in [0.3, 0.4) is 0 Å². The maximum absolute atomic E-state index is 11.6. The summed E-state index contributed by atoms with van der Waals surface area (Å²) in [5.74, 6) is 2.75. The number of unbranched alkanes of at least 4 members (excludes halogenated alkanes) is 2. The molecule has 0 aliphatic heterocycles. The van der Waals surface area contributed by atoms with Gasteiger partial charge in [-0.2, -0.15) is 0 Å². The van der Waals surface area contributed by atoms with E-state index in [0.717, 1.165) is 31.0 Å². The molecule has 10 heteroatoms. The Morgan fingerprint density at radius 3 is 2.38 bits per heavy atom. The molecule has 0 aromatic carbocycles. The minimum atomic E-state index is -0.526. The van der Waals surface area contributed by atoms with Gasteiger partial charge in [-0.05, 0) is 6.42 Å². The molecule has 1 rings (SSSR count). The first-order valence-corrected chi connectivity index (χ1v) is 13.3. The molecule has 1 amide bonds. The Labute approximate surface area is 186 Å². The molecule has 0 unspecified atom stereocenters. The van der Waals surface area contributed by atoms with Crippen molar-refractivity contribution in [3.63, 3.8) is 0 Å². The molecule has 166 valence electrons. The highest BCUT2D eigenvalue weighted by Gasteiger charge is 2.09. The predicted octanol–water partition coefficient (Wildman–Crippen LogP) is 4.62. The second kappa shape index (κ2) is 20.2. The molecule has 0 saturated carbocycles. The van der Waals surface area contributed by atoms with E-state index in [1.54, 1.807) is 0 Å². The Balaban J connectivity index is 0.00000113. The minimum Gasteiger partial charge on any atom is -0.448 e. The topological polar surface area (TPSA) is 90.3 Å². The van der Waals surface area contributed by atoms with E-state index in [4.69, 9.17) is 4.74 Å². The highest BCUT2D eigenvalue weighted by molar-refractivity contribution is 8.76. The molecule has 0 fully saturated rings. The number of nitrogens with zero attached hydrogens (tertiary/aromatic N) is 2. The smallest absolute Gasteiger partial charge is 0.419 e. The van der Waals surface area contributed by atoms with Gasteiger partial charge in [0.15, 0.2) is 5.12 Å². The van der Waals surface area contributed by atoms with Crippen LogP contribution in [0.2, 0.25) is 0 Å². The first-order chi connectivity index (χ1) is 14.0. The Kier molecular flexibility index (Phi) is 19.4. The lowest BCUT2D eigenvalue weighted by Crippen LogP contribution is -2.24. The maximum Gasteiger partial charge on any atom is 0.419 e. The van der Waals surface area contributed by atoms with Gasteiger partial charge in [-0.15, -0.1) is 0 Å². The average molecular weight is 464 g/mol. The number of hydrogen-bond donors (Lipinski definition) is 1. The fourth-order valence-electron chi connectivity index (χ4n) is 1.87. The first-order valence-electron chi connectivity index (χ1n) is 9.86. The Bertz CT molecular complexity index is 553. The van der Waals surface area contributed by atoms with E-state index in [1.165, 1.54) is 34.8 Å². The van der Waals surface area contributed by atoms with Crippen LogP contribution in [0.25, 0.3) is 0 Å². The number of rotatable bonds is 13. The molecule has 29 heavy (non-hydrogen) atoms. The maximum atomic E-state index is 11.6. The van der Waals surface area contributed by atoms with E-state index in [9.17, 15) is 14.4 Å². The fourth-order valence-corrected chi connectivity index (χ4v) is 3.85. The van der Waals surface area contributed by atoms with Gasteiger partial charge < -0.3 is 10.1 Å². The third kappa shape index (κ3) is 17.4. The number of amides is 1. The summed E-state index contributed by atoms with van der Waals surface area (Å²) in [6.07, 6.45) is 7.34. The number of thioether (sulfide) groups is 1. The Morgan fingerprint density at radius 2 is 1.79 bits per heavy atom. The molecule has 0 aliphatic carbocycles. The predicted molar refractivity (Wildman–Crippen MR) is 124 cm³/mol. The number of carbonyl (C=O) groups excluding carboxylic acids is 3. The molecular weight excluding hydrogens is 430 g/mol. The lowest BCUT2D eigenvalue weighted by atomic mass is 10.2. The zero-order valence-electron chi connectivity index (χ0n) is 17.6. The van der Waals surface area contributed by atoms with Gasteiger partial charge in [0.05, 0.1) is 0 Å². The summed E-state index contributed by atoms with van der Waals surface area (Å²) in [5, 5.41) is 2.72. The molecule has 7 nitrogen and oxygen atoms in total. The van der Waals surface area contributed by atoms with Crippen molar-refractivity contribution in [1.29, 1.82) is 0 Å². The van der Waals surface area contributed by atoms with Crippen LogP contribution in [0.1, 0.15) is 52.9 Å². The number of imidazole rings is 1. The van der Waals surface area contributed by atoms with Crippen molar-refractivity contribution in [1.82, 2.24) is 14.9 Å². The second-order valence-electron chi connectivity index (χ2n) is 5.67. The molecule has 0 saturated heterocycles. The molecule has 1 N–H and O–H groups in total. The number of hydrogen-bond acceptors (Lipinski definition) is 8. The standard InChI is InChI=1S/C15H23N3O4S.C4H10S2/c1-2-3-4-7-17-13(19)5-6-14(20)23-11-10-22-15(21)18-9-8-16-12-18;1-3-5-6-4-2/h8-9,12H,2-7,10-11H2,1H3,(H,17,19);3-4H2,1-2H3. The van der Waals surface area contributed by atoms with E-state index >= 15 is 0 Å². The highest BCUT2D eigenvalue weighted by atomic mass is 33.1. The largest absolute Gasteiger partial charge is 0.448 e. The van der Waals surface area contributed by atoms with Crippen LogP contribution in [0.4, 0.5) is 4.79 Å². The number of nitrogens with one attached hydrogen (secondary N) is 1. The first kappa shape index (κ1) is 27.9. The van der Waals surface area contributed by atoms with Crippen molar-refractivity contribution in [2.24, 2.45) is 0 Å². The summed E-state index contributed by atoms with van der Waals surface area (Å²) in [6.45, 7) is 7.25. The zero-order chi connectivity index (χ0) is 21.7. The summed E-state index contributed by atoms with van der Waals surface area (Å²) in [5.41, 5.74) is 0. The van der Waals surface area contributed by atoms with Gasteiger partial charge in [-0.1, -0.05) is 67.0 Å². The van der Waals surface area contributed by atoms with Gasteiger partial charge in [0.1, 0.15) is 12.9 Å². The lowest BCUT2D eigenvalue weighted by molar-refractivity contribution is -0.123. The van der Waals surface area contributed by atoms with Gasteiger partial charge in [-0.3, -0.25) is 9.59 Å². The van der Waals surface area contributed by atoms with Crippen LogP contribution in [0.15, 0.2) is 18.7 Å². The van der Waals surface area contributed by atoms with Crippen LogP contribution in [-0.2, 0) is 14.3 Å². The van der Waals surface area contributed by atoms with Gasteiger partial charge in [0, 0.05) is 49.0 Å². The number of aromatic nitrogens is 2. The minimum absolute atomic E-state index is 0.0765. The van der Waals surface area contributed by atoms with Crippen LogP contribution in [0, 0.1) is 0 Å². The number of carbonyl (C=O) groups is 3. The summed E-state index contributed by atoms with van der Waals surface area (Å²) in [7, 11) is 3.85. The van der Waals surface area contributed by atoms with Gasteiger partial charge >= 0.3 is 6.09 Å². The van der Waals surface area contributed by atoms with E-state index in [0.29, 0.717) is 12.3 Å². The molecule has 1 heterocycles. The van der Waals surface area contributed by atoms with Gasteiger partial charge in [0.25, 0.3) is 0 Å². The van der Waals surface area contributed by atoms with Gasteiger partial charge in [0.2, 0.25) is 5.91 Å². The van der Waals surface area contributed by atoms with Crippen molar-refractivity contribution in [3.05, 3.63) is 18.7 Å². The van der Waals surface area contributed by atoms with Crippen molar-refractivity contribution in [2.45, 2.75) is 52.9 Å². The van der Waals surface area contributed by atoms with E-state index in [-0.39, 0.29) is 30.5 Å². The average Bonchev–Trinajstić information content (AvgIpc) is 3.26. The van der Waals surface area contributed by atoms with Gasteiger partial charge in [-0.25, -0.2) is 14.3 Å². The SMILES string of the molecule is CCCCCNC(=O)CCC(=O)SCCOC(=O)n1ccnc1.CCSSCC. The summed E-state index contributed by atoms with van der Waals surface area (Å²) in [4.78, 5) is 38.3. The molecule has 0 radical (unpaired) electrons. The summed E-state index contributed by atoms with van der Waals surface area (Å²) >= 11 is 1.07. The van der Waals surface area contributed by atoms with Crippen molar-refractivity contribution >= 4 is 50.5 Å². The molecule has 0 spiro atoms. The van der Waals surface area contributed by atoms with Crippen LogP contribution >= 0.6 is 33.3 Å². The third-order valence-electron chi connectivity index (χ3n) is 3.26. The van der Waals surface area contributed by atoms with Crippen molar-refractivity contribution in [3.8, 4) is 0 Å². The molecule has 1 aromatic rings. The third-order valence-corrected chi connectivity index (χ3v) is 6.71. The Hall–Kier alpha value is -1.13. The van der Waals surface area contributed by atoms with E-state index < -0.39 is 6.09 Å².